The van der Waals surface area contributed by atoms with Crippen molar-refractivity contribution in [2.45, 2.75) is 58.4 Å². The summed E-state index contributed by atoms with van der Waals surface area (Å²) >= 11 is 1.67. The van der Waals surface area contributed by atoms with E-state index in [9.17, 15) is 4.79 Å². The Kier molecular flexibility index (Phi) is 4.72. The number of rotatable bonds is 5. The highest BCUT2D eigenvalue weighted by molar-refractivity contribution is 7.18. The van der Waals surface area contributed by atoms with E-state index in [1.165, 1.54) is 12.8 Å². The Morgan fingerprint density at radius 2 is 2.08 bits per heavy atom. The van der Waals surface area contributed by atoms with E-state index in [4.69, 9.17) is 0 Å². The molecule has 1 N–H and O–H groups in total. The zero-order chi connectivity index (χ0) is 18.1. The minimum Gasteiger partial charge on any atom is -0.353 e. The molecule has 6 nitrogen and oxygen atoms in total. The van der Waals surface area contributed by atoms with Crippen LogP contribution in [0.15, 0.2) is 18.2 Å². The van der Waals surface area contributed by atoms with Gasteiger partial charge in [0.05, 0.1) is 20.9 Å². The van der Waals surface area contributed by atoms with Gasteiger partial charge in [0.15, 0.2) is 0 Å². The number of nitrogens with zero attached hydrogens (tertiary/aromatic N) is 4. The lowest BCUT2D eigenvalue weighted by Gasteiger charge is -2.11. The van der Waals surface area contributed by atoms with Crippen molar-refractivity contribution >= 4 is 27.5 Å². The van der Waals surface area contributed by atoms with Gasteiger partial charge in [0.1, 0.15) is 11.6 Å². The number of aromatic nitrogens is 4. The summed E-state index contributed by atoms with van der Waals surface area (Å²) in [5.74, 6) is 1.65. The average molecular weight is 369 g/mol. The number of nitrogens with one attached hydrogen (secondary N) is 1. The van der Waals surface area contributed by atoms with Gasteiger partial charge in [-0.1, -0.05) is 12.8 Å². The zero-order valence-corrected chi connectivity index (χ0v) is 16.0. The molecule has 2 heterocycles. The molecule has 0 unspecified atom stereocenters. The molecule has 1 aromatic carbocycles. The van der Waals surface area contributed by atoms with Crippen molar-refractivity contribution in [3.8, 4) is 5.69 Å². The maximum Gasteiger partial charge on any atom is 0.220 e. The number of carbonyl (C=O) groups is 1. The third kappa shape index (κ3) is 3.62. The summed E-state index contributed by atoms with van der Waals surface area (Å²) in [6, 6.07) is 6.48. The van der Waals surface area contributed by atoms with Gasteiger partial charge >= 0.3 is 0 Å². The summed E-state index contributed by atoms with van der Waals surface area (Å²) in [6.45, 7) is 3.90. The van der Waals surface area contributed by atoms with Crippen molar-refractivity contribution in [2.24, 2.45) is 0 Å². The summed E-state index contributed by atoms with van der Waals surface area (Å²) in [7, 11) is 0. The minimum atomic E-state index is 0.109. The van der Waals surface area contributed by atoms with Crippen LogP contribution >= 0.6 is 11.3 Å². The third-order valence-electron chi connectivity index (χ3n) is 4.80. The summed E-state index contributed by atoms with van der Waals surface area (Å²) in [5.41, 5.74) is 1.97. The summed E-state index contributed by atoms with van der Waals surface area (Å²) in [4.78, 5) is 21.3. The molecule has 0 spiro atoms. The van der Waals surface area contributed by atoms with Crippen LogP contribution in [0.4, 0.5) is 0 Å². The second-order valence-corrected chi connectivity index (χ2v) is 8.16. The number of carbonyl (C=O) groups excluding carboxylic acids is 1. The third-order valence-corrected chi connectivity index (χ3v) is 5.73. The Hall–Kier alpha value is -2.28. The molecule has 2 aromatic heterocycles. The highest BCUT2D eigenvalue weighted by Crippen LogP contribution is 2.25. The Labute approximate surface area is 156 Å². The van der Waals surface area contributed by atoms with Gasteiger partial charge in [-0.15, -0.1) is 11.3 Å². The standard InChI is InChI=1S/C19H23N5OS/c1-12-20-18(9-10-19(25)22-14-5-3-4-6-14)24(23-12)15-7-8-16-17(11-15)26-13(2)21-16/h7-8,11,14H,3-6,9-10H2,1-2H3,(H,22,25). The molecule has 7 heteroatoms. The fourth-order valence-electron chi connectivity index (χ4n) is 3.58. The first kappa shape index (κ1) is 17.1. The van der Waals surface area contributed by atoms with Gasteiger partial charge in [0, 0.05) is 18.9 Å². The Morgan fingerprint density at radius 3 is 2.88 bits per heavy atom. The van der Waals surface area contributed by atoms with Crippen LogP contribution in [0.25, 0.3) is 15.9 Å². The predicted octanol–water partition coefficient (Wildman–Crippen LogP) is 3.49. The van der Waals surface area contributed by atoms with E-state index in [2.05, 4.69) is 26.4 Å². The minimum absolute atomic E-state index is 0.109. The highest BCUT2D eigenvalue weighted by atomic mass is 32.1. The van der Waals surface area contributed by atoms with E-state index < -0.39 is 0 Å². The molecule has 136 valence electrons. The van der Waals surface area contributed by atoms with E-state index >= 15 is 0 Å². The van der Waals surface area contributed by atoms with Crippen LogP contribution < -0.4 is 5.32 Å². The lowest BCUT2D eigenvalue weighted by molar-refractivity contribution is -0.121. The molecule has 26 heavy (non-hydrogen) atoms. The normalized spacial score (nSPS) is 15.0. The summed E-state index contributed by atoms with van der Waals surface area (Å²) < 4.78 is 2.99. The topological polar surface area (TPSA) is 72.7 Å². The van der Waals surface area contributed by atoms with E-state index in [1.807, 2.05) is 30.7 Å². The smallest absolute Gasteiger partial charge is 0.220 e. The molecule has 0 radical (unpaired) electrons. The van der Waals surface area contributed by atoms with Crippen LogP contribution in [0.1, 0.15) is 48.8 Å². The van der Waals surface area contributed by atoms with Crippen molar-refractivity contribution in [1.29, 1.82) is 0 Å². The SMILES string of the molecule is Cc1nc(CCC(=O)NC2CCCC2)n(-c2ccc3nc(C)sc3c2)n1. The van der Waals surface area contributed by atoms with Crippen LogP contribution in [0.5, 0.6) is 0 Å². The second-order valence-electron chi connectivity index (χ2n) is 6.92. The highest BCUT2D eigenvalue weighted by Gasteiger charge is 2.18. The van der Waals surface area contributed by atoms with Crippen LogP contribution in [0.2, 0.25) is 0 Å². The molecule has 0 bridgehead atoms. The lowest BCUT2D eigenvalue weighted by atomic mass is 10.2. The lowest BCUT2D eigenvalue weighted by Crippen LogP contribution is -2.32. The number of aryl methyl sites for hydroxylation is 3. The largest absolute Gasteiger partial charge is 0.353 e. The Balaban J connectivity index is 1.50. The number of thiazole rings is 1. The van der Waals surface area contributed by atoms with Gasteiger partial charge in [-0.3, -0.25) is 4.79 Å². The molecule has 1 aliphatic carbocycles. The average Bonchev–Trinajstić information content (AvgIpc) is 3.31. The molecule has 4 rings (SSSR count). The summed E-state index contributed by atoms with van der Waals surface area (Å²) in [6.07, 6.45) is 5.68. The molecule has 0 aliphatic heterocycles. The molecule has 0 atom stereocenters. The van der Waals surface area contributed by atoms with E-state index in [0.717, 1.165) is 45.4 Å². The van der Waals surface area contributed by atoms with E-state index in [-0.39, 0.29) is 5.91 Å². The maximum atomic E-state index is 12.2. The monoisotopic (exact) mass is 369 g/mol. The van der Waals surface area contributed by atoms with Crippen molar-refractivity contribution < 1.29 is 4.79 Å². The number of fused-ring (bicyclic) bond motifs is 1. The number of amides is 1. The first-order chi connectivity index (χ1) is 12.6. The van der Waals surface area contributed by atoms with Gasteiger partial charge in [-0.05, 0) is 44.9 Å². The van der Waals surface area contributed by atoms with Crippen molar-refractivity contribution in [3.05, 3.63) is 34.9 Å². The fraction of sp³-hybridized carbons (Fsp3) is 0.474. The molecule has 3 aromatic rings. The molecule has 0 saturated heterocycles. The number of hydrogen-bond donors (Lipinski definition) is 1. The van der Waals surface area contributed by atoms with Crippen LogP contribution in [0, 0.1) is 13.8 Å². The second kappa shape index (κ2) is 7.15. The van der Waals surface area contributed by atoms with E-state index in [1.54, 1.807) is 11.3 Å². The molecule has 1 amide bonds. The van der Waals surface area contributed by atoms with Crippen LogP contribution in [-0.2, 0) is 11.2 Å². The fourth-order valence-corrected chi connectivity index (χ4v) is 4.44. The maximum absolute atomic E-state index is 12.2. The number of hydrogen-bond acceptors (Lipinski definition) is 5. The first-order valence-electron chi connectivity index (χ1n) is 9.18. The number of benzene rings is 1. The zero-order valence-electron chi connectivity index (χ0n) is 15.2. The van der Waals surface area contributed by atoms with Crippen molar-refractivity contribution in [2.75, 3.05) is 0 Å². The van der Waals surface area contributed by atoms with Crippen molar-refractivity contribution in [1.82, 2.24) is 25.1 Å². The molecular formula is C19H23N5OS. The van der Waals surface area contributed by atoms with Crippen LogP contribution in [0.3, 0.4) is 0 Å². The summed E-state index contributed by atoms with van der Waals surface area (Å²) in [5, 5.41) is 8.72. The molecule has 1 aliphatic rings. The Morgan fingerprint density at radius 1 is 1.27 bits per heavy atom. The van der Waals surface area contributed by atoms with Gasteiger partial charge in [0.25, 0.3) is 0 Å². The van der Waals surface area contributed by atoms with Gasteiger partial charge < -0.3 is 5.32 Å². The Bertz CT molecular complexity index is 939. The quantitative estimate of drug-likeness (QED) is 0.747. The predicted molar refractivity (Wildman–Crippen MR) is 103 cm³/mol. The van der Waals surface area contributed by atoms with Gasteiger partial charge in [-0.2, -0.15) is 5.10 Å². The first-order valence-corrected chi connectivity index (χ1v) is 9.99. The van der Waals surface area contributed by atoms with Gasteiger partial charge in [0.2, 0.25) is 5.91 Å². The van der Waals surface area contributed by atoms with Crippen LogP contribution in [-0.4, -0.2) is 31.7 Å². The molecular weight excluding hydrogens is 346 g/mol. The van der Waals surface area contributed by atoms with Crippen molar-refractivity contribution in [3.63, 3.8) is 0 Å². The van der Waals surface area contributed by atoms with E-state index in [0.29, 0.717) is 18.9 Å². The van der Waals surface area contributed by atoms with Gasteiger partial charge in [-0.25, -0.2) is 14.6 Å². The molecule has 1 fully saturated rings. The molecule has 1 saturated carbocycles.